The maximum atomic E-state index is 12.5. The van der Waals surface area contributed by atoms with Gasteiger partial charge in [0.1, 0.15) is 5.57 Å². The third-order valence-corrected chi connectivity index (χ3v) is 6.23. The summed E-state index contributed by atoms with van der Waals surface area (Å²) in [4.78, 5) is 26.1. The molecule has 1 aromatic heterocycles. The number of rotatable bonds is 2. The summed E-state index contributed by atoms with van der Waals surface area (Å²) in [5.74, 6) is -0.880. The first-order valence-electron chi connectivity index (χ1n) is 9.01. The average Bonchev–Trinajstić information content (AvgIpc) is 2.97. The summed E-state index contributed by atoms with van der Waals surface area (Å²) in [7, 11) is 1.55. The van der Waals surface area contributed by atoms with E-state index in [4.69, 9.17) is 12.2 Å². The van der Waals surface area contributed by atoms with Crippen molar-refractivity contribution in [2.75, 3.05) is 7.05 Å². The Bertz CT molecular complexity index is 1240. The Morgan fingerprint density at radius 1 is 1.07 bits per heavy atom. The topological polar surface area (TPSA) is 54.3 Å². The molecule has 146 valence electrons. The lowest BCUT2D eigenvalue weighted by atomic mass is 10.1. The number of nitrogens with zero attached hydrogens (tertiary/aromatic N) is 2. The number of carbonyl (C=O) groups excluding carboxylic acids is 2. The predicted molar refractivity (Wildman–Crippen MR) is 122 cm³/mol. The fourth-order valence-corrected chi connectivity index (χ4v) is 4.30. The number of aryl methyl sites for hydroxylation is 1. The van der Waals surface area contributed by atoms with E-state index in [0.717, 1.165) is 37.9 Å². The normalized spacial score (nSPS) is 16.1. The van der Waals surface area contributed by atoms with Gasteiger partial charge in [-0.25, -0.2) is 0 Å². The van der Waals surface area contributed by atoms with Crippen LogP contribution >= 0.6 is 28.1 Å². The molecule has 7 heteroatoms. The third-order valence-electron chi connectivity index (χ3n) is 5.16. The number of aromatic nitrogens is 1. The van der Waals surface area contributed by atoms with Gasteiger partial charge in [0.25, 0.3) is 11.8 Å². The summed E-state index contributed by atoms with van der Waals surface area (Å²) < 4.78 is 3.17. The quantitative estimate of drug-likeness (QED) is 0.347. The molecular weight excluding hydrogens is 450 g/mol. The highest BCUT2D eigenvalue weighted by Crippen LogP contribution is 2.32. The molecule has 0 atom stereocenters. The zero-order valence-electron chi connectivity index (χ0n) is 16.1. The lowest BCUT2D eigenvalue weighted by Crippen LogP contribution is -2.52. The Hall–Kier alpha value is -2.77. The fraction of sp³-hybridized carbons (Fsp3) is 0.136. The van der Waals surface area contributed by atoms with Gasteiger partial charge in [-0.1, -0.05) is 40.2 Å². The summed E-state index contributed by atoms with van der Waals surface area (Å²) in [6.45, 7) is 3.99. The van der Waals surface area contributed by atoms with Crippen LogP contribution in [0.5, 0.6) is 0 Å². The Morgan fingerprint density at radius 2 is 1.76 bits per heavy atom. The van der Waals surface area contributed by atoms with Crippen LogP contribution in [0.15, 0.2) is 52.5 Å². The number of thiocarbonyl (C=S) groups is 1. The highest BCUT2D eigenvalue weighted by molar-refractivity contribution is 9.10. The van der Waals surface area contributed by atoms with E-state index in [2.05, 4.69) is 44.0 Å². The molecule has 0 unspecified atom stereocenters. The van der Waals surface area contributed by atoms with Gasteiger partial charge in [-0.3, -0.25) is 19.8 Å². The molecule has 0 aliphatic carbocycles. The van der Waals surface area contributed by atoms with E-state index < -0.39 is 11.8 Å². The number of hydrogen-bond acceptors (Lipinski definition) is 3. The van der Waals surface area contributed by atoms with Gasteiger partial charge in [0.15, 0.2) is 5.11 Å². The Balaban J connectivity index is 1.87. The zero-order valence-corrected chi connectivity index (χ0v) is 18.5. The number of benzene rings is 2. The van der Waals surface area contributed by atoms with Gasteiger partial charge >= 0.3 is 0 Å². The highest BCUT2D eigenvalue weighted by Gasteiger charge is 2.31. The number of nitrogens with one attached hydrogen (secondary N) is 1. The largest absolute Gasteiger partial charge is 0.317 e. The SMILES string of the molecule is Cc1cc(C=C2C(=O)NC(=S)N(C)C2=O)c(C)n1-c1ccc(Br)c2ccccc12. The van der Waals surface area contributed by atoms with Gasteiger partial charge in [0, 0.05) is 28.3 Å². The molecular formula is C22H18BrN3O2S. The first-order chi connectivity index (χ1) is 13.8. The molecule has 2 aromatic carbocycles. The molecule has 5 nitrogen and oxygen atoms in total. The first-order valence-corrected chi connectivity index (χ1v) is 10.2. The van der Waals surface area contributed by atoms with E-state index >= 15 is 0 Å². The molecule has 2 amide bonds. The Morgan fingerprint density at radius 3 is 2.48 bits per heavy atom. The van der Waals surface area contributed by atoms with Gasteiger partial charge in [-0.05, 0) is 61.3 Å². The third kappa shape index (κ3) is 3.20. The number of hydrogen-bond donors (Lipinski definition) is 1. The van der Waals surface area contributed by atoms with E-state index in [1.807, 2.05) is 38.1 Å². The molecule has 1 N–H and O–H groups in total. The van der Waals surface area contributed by atoms with Crippen LogP contribution < -0.4 is 5.32 Å². The molecule has 1 aliphatic rings. The maximum absolute atomic E-state index is 12.5. The minimum Gasteiger partial charge on any atom is -0.317 e. The molecule has 4 rings (SSSR count). The smallest absolute Gasteiger partial charge is 0.265 e. The second-order valence-corrected chi connectivity index (χ2v) is 8.20. The van der Waals surface area contributed by atoms with Gasteiger partial charge in [-0.2, -0.15) is 0 Å². The van der Waals surface area contributed by atoms with Crippen LogP contribution in [0, 0.1) is 13.8 Å². The molecule has 1 saturated heterocycles. The van der Waals surface area contributed by atoms with Crippen LogP contribution in [0.1, 0.15) is 17.0 Å². The summed E-state index contributed by atoms with van der Waals surface area (Å²) in [6, 6.07) is 14.3. The van der Waals surface area contributed by atoms with Crippen molar-refractivity contribution >= 4 is 61.9 Å². The molecule has 0 saturated carbocycles. The van der Waals surface area contributed by atoms with Crippen LogP contribution in [0.25, 0.3) is 22.5 Å². The molecule has 0 radical (unpaired) electrons. The molecule has 29 heavy (non-hydrogen) atoms. The summed E-state index contributed by atoms with van der Waals surface area (Å²) in [5.41, 5.74) is 3.88. The van der Waals surface area contributed by atoms with E-state index in [-0.39, 0.29) is 10.7 Å². The Kier molecular flexibility index (Phi) is 4.88. The van der Waals surface area contributed by atoms with Crippen LogP contribution in [0.2, 0.25) is 0 Å². The average molecular weight is 468 g/mol. The van der Waals surface area contributed by atoms with Crippen molar-refractivity contribution in [1.29, 1.82) is 0 Å². The summed E-state index contributed by atoms with van der Waals surface area (Å²) in [6.07, 6.45) is 1.63. The van der Waals surface area contributed by atoms with Gasteiger partial charge < -0.3 is 4.57 Å². The second kappa shape index (κ2) is 7.24. The molecule has 1 aliphatic heterocycles. The van der Waals surface area contributed by atoms with E-state index in [9.17, 15) is 9.59 Å². The van der Waals surface area contributed by atoms with E-state index in [1.165, 1.54) is 4.90 Å². The van der Waals surface area contributed by atoms with Gasteiger partial charge in [-0.15, -0.1) is 0 Å². The number of halogens is 1. The van der Waals surface area contributed by atoms with Crippen LogP contribution in [0.3, 0.4) is 0 Å². The van der Waals surface area contributed by atoms with Crippen LogP contribution in [0.4, 0.5) is 0 Å². The lowest BCUT2D eigenvalue weighted by Gasteiger charge is -2.25. The van der Waals surface area contributed by atoms with Gasteiger partial charge in [0.05, 0.1) is 5.69 Å². The minimum absolute atomic E-state index is 0.0713. The second-order valence-electron chi connectivity index (χ2n) is 6.96. The molecule has 0 bridgehead atoms. The lowest BCUT2D eigenvalue weighted by molar-refractivity contribution is -0.128. The van der Waals surface area contributed by atoms with Crippen molar-refractivity contribution in [3.63, 3.8) is 0 Å². The number of fused-ring (bicyclic) bond motifs is 1. The van der Waals surface area contributed by atoms with Crippen molar-refractivity contribution in [2.45, 2.75) is 13.8 Å². The van der Waals surface area contributed by atoms with Crippen LogP contribution in [-0.4, -0.2) is 33.4 Å². The minimum atomic E-state index is -0.475. The maximum Gasteiger partial charge on any atom is 0.265 e. The molecule has 2 heterocycles. The number of amides is 2. The van der Waals surface area contributed by atoms with E-state index in [0.29, 0.717) is 0 Å². The van der Waals surface area contributed by atoms with Crippen molar-refractivity contribution in [1.82, 2.24) is 14.8 Å². The Labute approximate surface area is 182 Å². The van der Waals surface area contributed by atoms with Crippen molar-refractivity contribution in [2.24, 2.45) is 0 Å². The first kappa shape index (κ1) is 19.5. The van der Waals surface area contributed by atoms with Crippen molar-refractivity contribution < 1.29 is 9.59 Å². The molecule has 1 fully saturated rings. The monoisotopic (exact) mass is 467 g/mol. The highest BCUT2D eigenvalue weighted by atomic mass is 79.9. The zero-order chi connectivity index (χ0) is 20.9. The van der Waals surface area contributed by atoms with Crippen LogP contribution in [-0.2, 0) is 9.59 Å². The molecule has 0 spiro atoms. The predicted octanol–water partition coefficient (Wildman–Crippen LogP) is 4.27. The van der Waals surface area contributed by atoms with E-state index in [1.54, 1.807) is 13.1 Å². The number of likely N-dealkylation sites (N-methyl/N-ethyl adjacent to an activating group) is 1. The van der Waals surface area contributed by atoms with Crippen molar-refractivity contribution in [3.8, 4) is 5.69 Å². The molecule has 3 aromatic rings. The fourth-order valence-electron chi connectivity index (χ4n) is 3.65. The standard InChI is InChI=1S/C22H18BrN3O2S/c1-12-10-14(11-17-20(27)24-22(29)25(3)21(17)28)13(2)26(12)19-9-8-18(23)15-6-4-5-7-16(15)19/h4-11H,1-3H3,(H,24,27,29). The summed E-state index contributed by atoms with van der Waals surface area (Å²) >= 11 is 8.63. The summed E-state index contributed by atoms with van der Waals surface area (Å²) in [5, 5.41) is 4.90. The number of carbonyl (C=O) groups is 2. The van der Waals surface area contributed by atoms with Crippen molar-refractivity contribution in [3.05, 3.63) is 69.5 Å². The van der Waals surface area contributed by atoms with Gasteiger partial charge in [0.2, 0.25) is 0 Å².